The Kier molecular flexibility index (Phi) is 4.15. The first kappa shape index (κ1) is 15.4. The highest BCUT2D eigenvalue weighted by atomic mass is 79.9. The Hall–Kier alpha value is -1.68. The van der Waals surface area contributed by atoms with Crippen LogP contribution in [-0.2, 0) is 11.0 Å². The van der Waals surface area contributed by atoms with Crippen LogP contribution in [0.4, 0.5) is 18.9 Å². The molecular formula is C9H5BrF3NO5. The van der Waals surface area contributed by atoms with E-state index in [1.54, 1.807) is 0 Å². The fourth-order valence-electron chi connectivity index (χ4n) is 1.35. The molecule has 2 N–H and O–H groups in total. The summed E-state index contributed by atoms with van der Waals surface area (Å²) in [5.74, 6) is -1.78. The number of aliphatic hydroxyl groups is 1. The molecule has 1 aromatic rings. The Bertz CT molecular complexity index is 545. The number of benzene rings is 1. The number of carbonyl (C=O) groups is 1. The number of nitro groups is 1. The fourth-order valence-corrected chi connectivity index (χ4v) is 2.12. The fraction of sp³-hybridized carbons (Fsp3) is 0.222. The molecule has 1 aromatic carbocycles. The average molecular weight is 344 g/mol. The zero-order chi connectivity index (χ0) is 15.0. The van der Waals surface area contributed by atoms with Gasteiger partial charge in [0.25, 0.3) is 5.69 Å². The zero-order valence-corrected chi connectivity index (χ0v) is 10.4. The Balaban J connectivity index is 3.60. The van der Waals surface area contributed by atoms with Gasteiger partial charge in [0.2, 0.25) is 0 Å². The average Bonchev–Trinajstić information content (AvgIpc) is 2.25. The molecule has 0 bridgehead atoms. The van der Waals surface area contributed by atoms with Gasteiger partial charge in [-0.1, -0.05) is 0 Å². The van der Waals surface area contributed by atoms with E-state index in [-0.39, 0.29) is 0 Å². The number of rotatable bonds is 3. The van der Waals surface area contributed by atoms with E-state index in [1.165, 1.54) is 0 Å². The van der Waals surface area contributed by atoms with Gasteiger partial charge in [-0.15, -0.1) is 0 Å². The summed E-state index contributed by atoms with van der Waals surface area (Å²) < 4.78 is 37.4. The SMILES string of the molecule is O=C(O)C(O)c1ccc([N+](=O)[O-])c(C(F)(F)F)c1Br. The molecule has 6 nitrogen and oxygen atoms in total. The quantitative estimate of drug-likeness (QED) is 0.648. The number of carboxylic acids is 1. The van der Waals surface area contributed by atoms with Crippen molar-refractivity contribution in [3.8, 4) is 0 Å². The van der Waals surface area contributed by atoms with Crippen LogP contribution in [0.2, 0.25) is 0 Å². The van der Waals surface area contributed by atoms with Gasteiger partial charge in [-0.2, -0.15) is 13.2 Å². The van der Waals surface area contributed by atoms with Gasteiger partial charge in [0.1, 0.15) is 5.56 Å². The van der Waals surface area contributed by atoms with Crippen LogP contribution < -0.4 is 0 Å². The van der Waals surface area contributed by atoms with E-state index in [9.17, 15) is 33.2 Å². The second-order valence-electron chi connectivity index (χ2n) is 3.36. The van der Waals surface area contributed by atoms with Gasteiger partial charge in [0, 0.05) is 16.1 Å². The first-order valence-electron chi connectivity index (χ1n) is 4.52. The minimum atomic E-state index is -5.07. The Morgan fingerprint density at radius 3 is 2.32 bits per heavy atom. The van der Waals surface area contributed by atoms with Crippen molar-refractivity contribution < 1.29 is 33.1 Å². The lowest BCUT2D eigenvalue weighted by atomic mass is 10.0. The molecule has 1 rings (SSSR count). The Labute approximate surface area is 111 Å². The van der Waals surface area contributed by atoms with Gasteiger partial charge < -0.3 is 10.2 Å². The predicted octanol–water partition coefficient (Wildman–Crippen LogP) is 2.49. The number of carboxylic acid groups (broad SMARTS) is 1. The van der Waals surface area contributed by atoms with Crippen molar-refractivity contribution in [3.05, 3.63) is 37.8 Å². The maximum atomic E-state index is 12.8. The highest BCUT2D eigenvalue weighted by molar-refractivity contribution is 9.10. The van der Waals surface area contributed by atoms with Gasteiger partial charge in [0.05, 0.1) is 4.92 Å². The lowest BCUT2D eigenvalue weighted by molar-refractivity contribution is -0.388. The van der Waals surface area contributed by atoms with E-state index in [2.05, 4.69) is 15.9 Å². The van der Waals surface area contributed by atoms with Gasteiger partial charge in [0.15, 0.2) is 6.10 Å². The zero-order valence-electron chi connectivity index (χ0n) is 8.81. The van der Waals surface area contributed by atoms with Crippen LogP contribution in [0, 0.1) is 10.1 Å². The second kappa shape index (κ2) is 5.13. The van der Waals surface area contributed by atoms with Crippen LogP contribution in [0.15, 0.2) is 16.6 Å². The van der Waals surface area contributed by atoms with Gasteiger partial charge in [-0.05, 0) is 22.0 Å². The molecule has 0 radical (unpaired) electrons. The normalized spacial score (nSPS) is 13.1. The lowest BCUT2D eigenvalue weighted by Crippen LogP contribution is -2.16. The lowest BCUT2D eigenvalue weighted by Gasteiger charge is -2.14. The molecule has 0 aromatic heterocycles. The molecule has 0 fully saturated rings. The highest BCUT2D eigenvalue weighted by Crippen LogP contribution is 2.43. The smallest absolute Gasteiger partial charge is 0.424 e. The molecule has 1 unspecified atom stereocenters. The van der Waals surface area contributed by atoms with Crippen LogP contribution in [0.25, 0.3) is 0 Å². The van der Waals surface area contributed by atoms with Crippen LogP contribution >= 0.6 is 15.9 Å². The maximum Gasteiger partial charge on any atom is 0.424 e. The van der Waals surface area contributed by atoms with Crippen molar-refractivity contribution in [2.24, 2.45) is 0 Å². The predicted molar refractivity (Wildman–Crippen MR) is 58.4 cm³/mol. The maximum absolute atomic E-state index is 12.8. The molecule has 0 saturated heterocycles. The molecule has 0 spiro atoms. The molecule has 0 amide bonds. The van der Waals surface area contributed by atoms with Gasteiger partial charge in [-0.3, -0.25) is 10.1 Å². The van der Waals surface area contributed by atoms with Gasteiger partial charge in [-0.25, -0.2) is 4.79 Å². The third-order valence-corrected chi connectivity index (χ3v) is 3.01. The van der Waals surface area contributed by atoms with Crippen molar-refractivity contribution in [1.82, 2.24) is 0 Å². The summed E-state index contributed by atoms with van der Waals surface area (Å²) in [4.78, 5) is 19.8. The summed E-state index contributed by atoms with van der Waals surface area (Å²) in [6.45, 7) is 0. The van der Waals surface area contributed by atoms with E-state index < -0.39 is 44.5 Å². The number of alkyl halides is 3. The van der Waals surface area contributed by atoms with E-state index in [0.29, 0.717) is 6.07 Å². The van der Waals surface area contributed by atoms with Crippen LogP contribution in [0.3, 0.4) is 0 Å². The molecular weight excluding hydrogens is 339 g/mol. The molecule has 104 valence electrons. The second-order valence-corrected chi connectivity index (χ2v) is 4.15. The van der Waals surface area contributed by atoms with Crippen molar-refractivity contribution >= 4 is 27.6 Å². The molecule has 0 saturated carbocycles. The highest BCUT2D eigenvalue weighted by Gasteiger charge is 2.42. The minimum absolute atomic E-state index is 0.495. The number of hydrogen-bond donors (Lipinski definition) is 2. The Morgan fingerprint density at radius 1 is 1.42 bits per heavy atom. The number of hydrogen-bond acceptors (Lipinski definition) is 4. The van der Waals surface area contributed by atoms with Crippen LogP contribution in [0.1, 0.15) is 17.2 Å². The molecule has 19 heavy (non-hydrogen) atoms. The summed E-state index contributed by atoms with van der Waals surface area (Å²) in [5, 5.41) is 28.3. The number of aliphatic carboxylic acids is 1. The molecule has 10 heteroatoms. The van der Waals surface area contributed by atoms with E-state index in [0.717, 1.165) is 6.07 Å². The largest absolute Gasteiger partial charge is 0.479 e. The summed E-state index contributed by atoms with van der Waals surface area (Å²) >= 11 is 2.46. The number of nitro benzene ring substituents is 1. The van der Waals surface area contributed by atoms with E-state index in [1.807, 2.05) is 0 Å². The van der Waals surface area contributed by atoms with Gasteiger partial charge >= 0.3 is 12.1 Å². The van der Waals surface area contributed by atoms with Crippen molar-refractivity contribution in [2.75, 3.05) is 0 Å². The van der Waals surface area contributed by atoms with Crippen molar-refractivity contribution in [2.45, 2.75) is 12.3 Å². The standard InChI is InChI=1S/C9H5BrF3NO5/c10-6-3(7(15)8(16)17)1-2-4(14(18)19)5(6)9(11,12)13/h1-2,7,15H,(H,16,17). The van der Waals surface area contributed by atoms with Crippen molar-refractivity contribution in [3.63, 3.8) is 0 Å². The molecule has 0 aliphatic heterocycles. The molecule has 1 atom stereocenters. The van der Waals surface area contributed by atoms with E-state index >= 15 is 0 Å². The molecule has 0 aliphatic rings. The van der Waals surface area contributed by atoms with Crippen LogP contribution in [0.5, 0.6) is 0 Å². The van der Waals surface area contributed by atoms with E-state index in [4.69, 9.17) is 5.11 Å². The summed E-state index contributed by atoms with van der Waals surface area (Å²) in [6, 6.07) is 1.24. The number of halogens is 4. The summed E-state index contributed by atoms with van der Waals surface area (Å²) in [6.07, 6.45) is -7.30. The Morgan fingerprint density at radius 2 is 1.95 bits per heavy atom. The third-order valence-electron chi connectivity index (χ3n) is 2.16. The third kappa shape index (κ3) is 3.01. The van der Waals surface area contributed by atoms with Crippen molar-refractivity contribution in [1.29, 1.82) is 0 Å². The first-order valence-corrected chi connectivity index (χ1v) is 5.31. The summed E-state index contributed by atoms with van der Waals surface area (Å²) in [7, 11) is 0. The number of aliphatic hydroxyl groups excluding tert-OH is 1. The number of nitrogens with zero attached hydrogens (tertiary/aromatic N) is 1. The molecule has 0 aliphatic carbocycles. The monoisotopic (exact) mass is 343 g/mol. The summed E-state index contributed by atoms with van der Waals surface area (Å²) in [5.41, 5.74) is -3.50. The molecule has 0 heterocycles. The minimum Gasteiger partial charge on any atom is -0.479 e. The van der Waals surface area contributed by atoms with Crippen LogP contribution in [-0.4, -0.2) is 21.1 Å². The first-order chi connectivity index (χ1) is 8.57. The topological polar surface area (TPSA) is 101 Å².